The summed E-state index contributed by atoms with van der Waals surface area (Å²) < 4.78 is 34.4. The fourth-order valence-corrected chi connectivity index (χ4v) is 2.96. The van der Waals surface area contributed by atoms with E-state index >= 15 is 0 Å². The summed E-state index contributed by atoms with van der Waals surface area (Å²) in [5, 5.41) is 15.1. The number of hydrazone groups is 1. The van der Waals surface area contributed by atoms with E-state index in [9.17, 15) is 18.5 Å². The summed E-state index contributed by atoms with van der Waals surface area (Å²) in [5.74, 6) is 0.554. The second-order valence-corrected chi connectivity index (χ2v) is 6.93. The molecule has 25 heavy (non-hydrogen) atoms. The maximum atomic E-state index is 12.1. The van der Waals surface area contributed by atoms with E-state index < -0.39 is 14.9 Å². The molecule has 0 radical (unpaired) electrons. The lowest BCUT2D eigenvalue weighted by Crippen LogP contribution is -2.18. The lowest BCUT2D eigenvalue weighted by atomic mass is 10.1. The van der Waals surface area contributed by atoms with Gasteiger partial charge in [0.25, 0.3) is 15.7 Å². The summed E-state index contributed by atoms with van der Waals surface area (Å²) in [6, 6.07) is 8.00. The van der Waals surface area contributed by atoms with Crippen molar-refractivity contribution in [2.75, 3.05) is 6.79 Å². The molecule has 9 nitrogen and oxygen atoms in total. The molecule has 0 fully saturated rings. The minimum atomic E-state index is -3.92. The van der Waals surface area contributed by atoms with Crippen LogP contribution in [0.2, 0.25) is 5.02 Å². The van der Waals surface area contributed by atoms with Crippen LogP contribution in [0.1, 0.15) is 5.56 Å². The molecule has 1 N–H and O–H groups in total. The molecule has 2 aromatic rings. The molecule has 0 saturated heterocycles. The van der Waals surface area contributed by atoms with Crippen LogP contribution in [-0.2, 0) is 10.0 Å². The smallest absolute Gasteiger partial charge is 0.282 e. The van der Waals surface area contributed by atoms with Crippen molar-refractivity contribution >= 4 is 33.5 Å². The minimum absolute atomic E-state index is 0.0454. The maximum Gasteiger partial charge on any atom is 0.282 e. The molecule has 2 aromatic carbocycles. The van der Waals surface area contributed by atoms with Gasteiger partial charge in [0.1, 0.15) is 0 Å². The number of halogens is 1. The Balaban J connectivity index is 1.85. The first-order chi connectivity index (χ1) is 11.9. The molecule has 0 spiro atoms. The van der Waals surface area contributed by atoms with Crippen LogP contribution < -0.4 is 14.3 Å². The average Bonchev–Trinajstić information content (AvgIpc) is 3.01. The molecule has 1 aliphatic heterocycles. The van der Waals surface area contributed by atoms with E-state index in [-0.39, 0.29) is 28.7 Å². The van der Waals surface area contributed by atoms with E-state index in [4.69, 9.17) is 21.1 Å². The molecule has 1 heterocycles. The third-order valence-corrected chi connectivity index (χ3v) is 4.71. The zero-order valence-corrected chi connectivity index (χ0v) is 14.0. The maximum absolute atomic E-state index is 12.1. The zero-order valence-electron chi connectivity index (χ0n) is 12.4. The summed E-state index contributed by atoms with van der Waals surface area (Å²) in [6.07, 6.45) is 1.02. The molecule has 0 aromatic heterocycles. The van der Waals surface area contributed by atoms with Crippen LogP contribution in [0.5, 0.6) is 11.5 Å². The van der Waals surface area contributed by atoms with Gasteiger partial charge in [-0.2, -0.15) is 13.5 Å². The predicted octanol–water partition coefficient (Wildman–Crippen LogP) is 2.29. The summed E-state index contributed by atoms with van der Waals surface area (Å²) in [6.45, 7) is -0.0454. The van der Waals surface area contributed by atoms with Crippen LogP contribution in [0.4, 0.5) is 5.69 Å². The normalized spacial score (nSPS) is 13.2. The quantitative estimate of drug-likeness (QED) is 0.480. The number of ether oxygens (including phenoxy) is 2. The van der Waals surface area contributed by atoms with Crippen molar-refractivity contribution in [1.29, 1.82) is 0 Å². The van der Waals surface area contributed by atoms with Crippen molar-refractivity contribution in [2.24, 2.45) is 5.10 Å². The largest absolute Gasteiger partial charge is 0.454 e. The molecule has 0 bridgehead atoms. The molecule has 0 saturated carbocycles. The van der Waals surface area contributed by atoms with Crippen molar-refractivity contribution < 1.29 is 22.8 Å². The summed E-state index contributed by atoms with van der Waals surface area (Å²) in [7, 11) is -3.92. The first kappa shape index (κ1) is 17.0. The lowest BCUT2D eigenvalue weighted by Gasteiger charge is -2.04. The molecule has 1 aliphatic rings. The number of nitro benzene ring substituents is 1. The monoisotopic (exact) mass is 383 g/mol. The molecular weight excluding hydrogens is 374 g/mol. The van der Waals surface area contributed by atoms with Gasteiger partial charge in [-0.1, -0.05) is 11.6 Å². The van der Waals surface area contributed by atoms with Gasteiger partial charge in [-0.15, -0.1) is 0 Å². The SMILES string of the molecule is O=[N+]([O-])c1cc2c(cc1/C=N\NS(=O)(=O)c1ccc(Cl)cc1)OCO2. The minimum Gasteiger partial charge on any atom is -0.454 e. The number of nitrogens with zero attached hydrogens (tertiary/aromatic N) is 2. The number of rotatable bonds is 5. The molecule has 11 heteroatoms. The van der Waals surface area contributed by atoms with E-state index in [0.717, 1.165) is 6.21 Å². The van der Waals surface area contributed by atoms with Crippen molar-refractivity contribution in [3.63, 3.8) is 0 Å². The third-order valence-electron chi connectivity index (χ3n) is 3.22. The second kappa shape index (κ2) is 6.57. The van der Waals surface area contributed by atoms with Crippen LogP contribution in [0, 0.1) is 10.1 Å². The fraction of sp³-hybridized carbons (Fsp3) is 0.0714. The van der Waals surface area contributed by atoms with Gasteiger partial charge in [0.15, 0.2) is 11.5 Å². The molecule has 0 aliphatic carbocycles. The third kappa shape index (κ3) is 3.64. The Hall–Kier alpha value is -2.85. The Morgan fingerprint density at radius 3 is 2.48 bits per heavy atom. The van der Waals surface area contributed by atoms with Gasteiger partial charge in [-0.05, 0) is 30.3 Å². The average molecular weight is 384 g/mol. The van der Waals surface area contributed by atoms with Gasteiger partial charge in [-0.25, -0.2) is 4.83 Å². The van der Waals surface area contributed by atoms with Gasteiger partial charge >= 0.3 is 0 Å². The highest BCUT2D eigenvalue weighted by Gasteiger charge is 2.22. The lowest BCUT2D eigenvalue weighted by molar-refractivity contribution is -0.385. The molecule has 0 unspecified atom stereocenters. The molecule has 3 rings (SSSR count). The van der Waals surface area contributed by atoms with Gasteiger partial charge in [0, 0.05) is 5.02 Å². The van der Waals surface area contributed by atoms with Crippen LogP contribution in [0.25, 0.3) is 0 Å². The number of hydrogen-bond acceptors (Lipinski definition) is 7. The van der Waals surface area contributed by atoms with Crippen molar-refractivity contribution in [3.8, 4) is 11.5 Å². The van der Waals surface area contributed by atoms with Gasteiger partial charge < -0.3 is 9.47 Å². The van der Waals surface area contributed by atoms with Crippen LogP contribution >= 0.6 is 11.6 Å². The van der Waals surface area contributed by atoms with E-state index in [2.05, 4.69) is 5.10 Å². The standard InChI is InChI=1S/C14H10ClN3O6S/c15-10-1-3-11(4-2-10)25(21,22)17-16-7-9-5-13-14(24-8-23-13)6-12(9)18(19)20/h1-7,17H,8H2/b16-7-. The Labute approximate surface area is 147 Å². The van der Waals surface area contributed by atoms with E-state index in [1.165, 1.54) is 36.4 Å². The van der Waals surface area contributed by atoms with Crippen molar-refractivity contribution in [2.45, 2.75) is 4.90 Å². The van der Waals surface area contributed by atoms with Gasteiger partial charge in [0.05, 0.1) is 27.7 Å². The van der Waals surface area contributed by atoms with Crippen LogP contribution in [0.15, 0.2) is 46.4 Å². The molecule has 130 valence electrons. The zero-order chi connectivity index (χ0) is 18.0. The Bertz CT molecular complexity index is 959. The van der Waals surface area contributed by atoms with Gasteiger partial charge in [-0.3, -0.25) is 10.1 Å². The second-order valence-electron chi connectivity index (χ2n) is 4.83. The molecular formula is C14H10ClN3O6S. The summed E-state index contributed by atoms with van der Waals surface area (Å²) in [5.41, 5.74) is -0.230. The van der Waals surface area contributed by atoms with Crippen molar-refractivity contribution in [3.05, 3.63) is 57.1 Å². The number of nitro groups is 1. The molecule has 0 atom stereocenters. The Morgan fingerprint density at radius 1 is 1.20 bits per heavy atom. The highest BCUT2D eigenvalue weighted by atomic mass is 35.5. The van der Waals surface area contributed by atoms with Crippen LogP contribution in [-0.4, -0.2) is 26.3 Å². The van der Waals surface area contributed by atoms with Crippen molar-refractivity contribution in [1.82, 2.24) is 4.83 Å². The first-order valence-corrected chi connectivity index (χ1v) is 8.61. The van der Waals surface area contributed by atoms with E-state index in [0.29, 0.717) is 10.8 Å². The Morgan fingerprint density at radius 2 is 1.84 bits per heavy atom. The van der Waals surface area contributed by atoms with E-state index in [1.54, 1.807) is 0 Å². The summed E-state index contributed by atoms with van der Waals surface area (Å²) in [4.78, 5) is 12.4. The number of sulfonamides is 1. The van der Waals surface area contributed by atoms with Crippen LogP contribution in [0.3, 0.4) is 0 Å². The number of fused-ring (bicyclic) bond motifs is 1. The molecule has 0 amide bonds. The number of nitrogens with one attached hydrogen (secondary N) is 1. The van der Waals surface area contributed by atoms with Gasteiger partial charge in [0.2, 0.25) is 6.79 Å². The highest BCUT2D eigenvalue weighted by Crippen LogP contribution is 2.37. The fourth-order valence-electron chi connectivity index (χ4n) is 2.04. The first-order valence-electron chi connectivity index (χ1n) is 6.75. The predicted molar refractivity (Wildman–Crippen MR) is 88.6 cm³/mol. The topological polar surface area (TPSA) is 120 Å². The Kier molecular flexibility index (Phi) is 4.47. The van der Waals surface area contributed by atoms with E-state index in [1.807, 2.05) is 4.83 Å². The summed E-state index contributed by atoms with van der Waals surface area (Å²) >= 11 is 5.71. The number of hydrogen-bond donors (Lipinski definition) is 1. The highest BCUT2D eigenvalue weighted by molar-refractivity contribution is 7.89. The number of benzene rings is 2.